The maximum atomic E-state index is 5.64. The van der Waals surface area contributed by atoms with Crippen molar-refractivity contribution >= 4 is 0 Å². The highest BCUT2D eigenvalue weighted by molar-refractivity contribution is 5.10. The molecule has 0 aromatic carbocycles. The fourth-order valence-corrected chi connectivity index (χ4v) is 2.10. The fraction of sp³-hybridized carbons (Fsp3) is 0.615. The van der Waals surface area contributed by atoms with Crippen molar-refractivity contribution in [3.63, 3.8) is 0 Å². The molecule has 4 nitrogen and oxygen atoms in total. The molecule has 17 heavy (non-hydrogen) atoms. The summed E-state index contributed by atoms with van der Waals surface area (Å²) < 4.78 is 5.64. The number of aromatic nitrogens is 1. The highest BCUT2D eigenvalue weighted by Gasteiger charge is 2.10. The summed E-state index contributed by atoms with van der Waals surface area (Å²) in [6, 6.07) is 5.90. The predicted octanol–water partition coefficient (Wildman–Crippen LogP) is 1.15. The van der Waals surface area contributed by atoms with Crippen molar-refractivity contribution in [3.05, 3.63) is 29.6 Å². The van der Waals surface area contributed by atoms with E-state index in [1.807, 2.05) is 18.2 Å². The summed E-state index contributed by atoms with van der Waals surface area (Å²) in [5.74, 6) is 0. The van der Waals surface area contributed by atoms with Crippen LogP contribution in [0.15, 0.2) is 18.2 Å². The first-order valence-corrected chi connectivity index (χ1v) is 6.33. The third kappa shape index (κ3) is 4.07. The Balaban J connectivity index is 1.66. The van der Waals surface area contributed by atoms with Gasteiger partial charge in [0.25, 0.3) is 0 Å². The normalized spacial score (nSPS) is 16.5. The molecule has 2 heterocycles. The van der Waals surface area contributed by atoms with Crippen LogP contribution in [0.3, 0.4) is 0 Å². The molecule has 94 valence electrons. The molecule has 0 radical (unpaired) electrons. The van der Waals surface area contributed by atoms with Crippen molar-refractivity contribution < 1.29 is 4.74 Å². The quantitative estimate of drug-likeness (QED) is 0.752. The Labute approximate surface area is 103 Å². The number of rotatable bonds is 6. The zero-order chi connectivity index (χ0) is 11.9. The molecule has 0 atom stereocenters. The highest BCUT2D eigenvalue weighted by Crippen LogP contribution is 2.06. The summed E-state index contributed by atoms with van der Waals surface area (Å²) in [5, 5.41) is 0. The Morgan fingerprint density at radius 1 is 1.24 bits per heavy atom. The smallest absolute Gasteiger partial charge is 0.0888 e. The van der Waals surface area contributed by atoms with Gasteiger partial charge in [0, 0.05) is 13.1 Å². The van der Waals surface area contributed by atoms with E-state index in [2.05, 4.69) is 9.88 Å². The van der Waals surface area contributed by atoms with Crippen LogP contribution >= 0.6 is 0 Å². The molecule has 0 spiro atoms. The average Bonchev–Trinajstić information content (AvgIpc) is 2.88. The summed E-state index contributed by atoms with van der Waals surface area (Å²) in [6.07, 6.45) is 2.67. The Morgan fingerprint density at radius 3 is 2.76 bits per heavy atom. The van der Waals surface area contributed by atoms with Crippen LogP contribution in [0.4, 0.5) is 0 Å². The van der Waals surface area contributed by atoms with E-state index in [0.717, 1.165) is 24.5 Å². The van der Waals surface area contributed by atoms with E-state index in [1.165, 1.54) is 25.9 Å². The van der Waals surface area contributed by atoms with Crippen LogP contribution < -0.4 is 5.73 Å². The molecular weight excluding hydrogens is 214 g/mol. The number of nitrogens with zero attached hydrogens (tertiary/aromatic N) is 2. The summed E-state index contributed by atoms with van der Waals surface area (Å²) in [5.41, 5.74) is 7.44. The Bertz CT molecular complexity index is 337. The van der Waals surface area contributed by atoms with E-state index in [4.69, 9.17) is 10.5 Å². The van der Waals surface area contributed by atoms with Gasteiger partial charge in [0.2, 0.25) is 0 Å². The van der Waals surface area contributed by atoms with Gasteiger partial charge in [-0.1, -0.05) is 6.07 Å². The molecule has 1 aliphatic rings. The maximum Gasteiger partial charge on any atom is 0.0888 e. The molecule has 4 heteroatoms. The van der Waals surface area contributed by atoms with Crippen molar-refractivity contribution in [3.8, 4) is 0 Å². The third-order valence-electron chi connectivity index (χ3n) is 3.07. The molecule has 1 aromatic heterocycles. The summed E-state index contributed by atoms with van der Waals surface area (Å²) in [4.78, 5) is 6.85. The van der Waals surface area contributed by atoms with Gasteiger partial charge < -0.3 is 15.4 Å². The Hall–Kier alpha value is -0.970. The summed E-state index contributed by atoms with van der Waals surface area (Å²) >= 11 is 0. The second-order valence-electron chi connectivity index (χ2n) is 4.43. The van der Waals surface area contributed by atoms with Crippen LogP contribution in [0, 0.1) is 0 Å². The van der Waals surface area contributed by atoms with Crippen LogP contribution in [-0.2, 0) is 17.9 Å². The Kier molecular flexibility index (Phi) is 4.91. The monoisotopic (exact) mass is 235 g/mol. The predicted molar refractivity (Wildman–Crippen MR) is 67.5 cm³/mol. The highest BCUT2D eigenvalue weighted by atomic mass is 16.5. The van der Waals surface area contributed by atoms with E-state index in [-0.39, 0.29) is 0 Å². The standard InChI is InChI=1S/C13H21N3O/c14-10-12-4-3-5-13(15-12)11-17-9-8-16-6-1-2-7-16/h3-5H,1-2,6-11,14H2. The molecule has 0 amide bonds. The molecule has 0 unspecified atom stereocenters. The van der Waals surface area contributed by atoms with Crippen LogP contribution in [0.2, 0.25) is 0 Å². The number of ether oxygens (including phenoxy) is 1. The molecule has 0 aliphatic carbocycles. The second kappa shape index (κ2) is 6.69. The molecular formula is C13H21N3O. The third-order valence-corrected chi connectivity index (χ3v) is 3.07. The molecule has 0 saturated carbocycles. The number of likely N-dealkylation sites (tertiary alicyclic amines) is 1. The first kappa shape index (κ1) is 12.5. The van der Waals surface area contributed by atoms with Gasteiger partial charge in [-0.15, -0.1) is 0 Å². The fourth-order valence-electron chi connectivity index (χ4n) is 2.10. The van der Waals surface area contributed by atoms with Gasteiger partial charge in [0.05, 0.1) is 24.6 Å². The summed E-state index contributed by atoms with van der Waals surface area (Å²) in [6.45, 7) is 5.35. The van der Waals surface area contributed by atoms with E-state index >= 15 is 0 Å². The lowest BCUT2D eigenvalue weighted by Crippen LogP contribution is -2.24. The van der Waals surface area contributed by atoms with Gasteiger partial charge in [-0.2, -0.15) is 0 Å². The van der Waals surface area contributed by atoms with Crippen molar-refractivity contribution in [1.82, 2.24) is 9.88 Å². The lowest BCUT2D eigenvalue weighted by molar-refractivity contribution is 0.0970. The largest absolute Gasteiger partial charge is 0.374 e. The topological polar surface area (TPSA) is 51.4 Å². The molecule has 1 aromatic rings. The number of nitrogens with two attached hydrogens (primary N) is 1. The van der Waals surface area contributed by atoms with Crippen molar-refractivity contribution in [2.75, 3.05) is 26.2 Å². The first-order valence-electron chi connectivity index (χ1n) is 6.33. The summed E-state index contributed by atoms with van der Waals surface area (Å²) in [7, 11) is 0. The average molecular weight is 235 g/mol. The number of pyridine rings is 1. The molecule has 1 aliphatic heterocycles. The molecule has 2 rings (SSSR count). The minimum absolute atomic E-state index is 0.488. The number of hydrogen-bond donors (Lipinski definition) is 1. The zero-order valence-corrected chi connectivity index (χ0v) is 10.3. The van der Waals surface area contributed by atoms with Crippen LogP contribution in [0.5, 0.6) is 0 Å². The van der Waals surface area contributed by atoms with Crippen molar-refractivity contribution in [1.29, 1.82) is 0 Å². The van der Waals surface area contributed by atoms with Gasteiger partial charge in [0.15, 0.2) is 0 Å². The molecule has 1 saturated heterocycles. The maximum absolute atomic E-state index is 5.64. The minimum Gasteiger partial charge on any atom is -0.374 e. The van der Waals surface area contributed by atoms with Crippen LogP contribution in [0.25, 0.3) is 0 Å². The van der Waals surface area contributed by atoms with E-state index < -0.39 is 0 Å². The van der Waals surface area contributed by atoms with Gasteiger partial charge in [0.1, 0.15) is 0 Å². The van der Waals surface area contributed by atoms with Gasteiger partial charge >= 0.3 is 0 Å². The van der Waals surface area contributed by atoms with Crippen molar-refractivity contribution in [2.24, 2.45) is 5.73 Å². The lowest BCUT2D eigenvalue weighted by atomic mass is 10.3. The Morgan fingerprint density at radius 2 is 2.00 bits per heavy atom. The SMILES string of the molecule is NCc1cccc(COCCN2CCCC2)n1. The van der Waals surface area contributed by atoms with Gasteiger partial charge in [-0.25, -0.2) is 0 Å². The van der Waals surface area contributed by atoms with Gasteiger partial charge in [-0.05, 0) is 38.1 Å². The van der Waals surface area contributed by atoms with Crippen molar-refractivity contribution in [2.45, 2.75) is 26.0 Å². The zero-order valence-electron chi connectivity index (χ0n) is 10.3. The minimum atomic E-state index is 0.488. The van der Waals surface area contributed by atoms with E-state index in [1.54, 1.807) is 0 Å². The van der Waals surface area contributed by atoms with Crippen LogP contribution in [-0.4, -0.2) is 36.1 Å². The van der Waals surface area contributed by atoms with E-state index in [0.29, 0.717) is 13.2 Å². The second-order valence-corrected chi connectivity index (χ2v) is 4.43. The van der Waals surface area contributed by atoms with Crippen LogP contribution in [0.1, 0.15) is 24.2 Å². The lowest BCUT2D eigenvalue weighted by Gasteiger charge is -2.14. The molecule has 1 fully saturated rings. The molecule has 2 N–H and O–H groups in total. The number of hydrogen-bond acceptors (Lipinski definition) is 4. The van der Waals surface area contributed by atoms with E-state index in [9.17, 15) is 0 Å². The van der Waals surface area contributed by atoms with Gasteiger partial charge in [-0.3, -0.25) is 4.98 Å². The first-order chi connectivity index (χ1) is 8.38. The molecule has 0 bridgehead atoms.